The molecule has 0 amide bonds. The van der Waals surface area contributed by atoms with Crippen molar-refractivity contribution in [2.75, 3.05) is 6.67 Å². The van der Waals surface area contributed by atoms with Gasteiger partial charge < -0.3 is 0 Å². The molecule has 0 radical (unpaired) electrons. The predicted molar refractivity (Wildman–Crippen MR) is 43.8 cm³/mol. The van der Waals surface area contributed by atoms with Crippen LogP contribution >= 0.6 is 0 Å². The molecule has 11 heavy (non-hydrogen) atoms. The fourth-order valence-electron chi connectivity index (χ4n) is 0.824. The highest BCUT2D eigenvalue weighted by Crippen LogP contribution is 2.02. The standard InChI is InChI=1S/C9H14FN/c10-8-6-4-2-1-3-5-7-9-11/h4,6H,1-3,5,7-8H2. The molecule has 0 aromatic heterocycles. The van der Waals surface area contributed by atoms with Gasteiger partial charge in [-0.1, -0.05) is 18.6 Å². The van der Waals surface area contributed by atoms with Crippen molar-refractivity contribution in [2.45, 2.75) is 32.1 Å². The first kappa shape index (κ1) is 10.2. The van der Waals surface area contributed by atoms with Gasteiger partial charge in [0.05, 0.1) is 6.07 Å². The minimum absolute atomic E-state index is 0.363. The lowest BCUT2D eigenvalue weighted by atomic mass is 10.1. The summed E-state index contributed by atoms with van der Waals surface area (Å²) in [4.78, 5) is 0. The lowest BCUT2D eigenvalue weighted by molar-refractivity contribution is 0.560. The van der Waals surface area contributed by atoms with Crippen LogP contribution in [0.3, 0.4) is 0 Å². The Kier molecular flexibility index (Phi) is 8.46. The Labute approximate surface area is 67.5 Å². The van der Waals surface area contributed by atoms with E-state index in [0.29, 0.717) is 6.42 Å². The third-order valence-electron chi connectivity index (χ3n) is 1.42. The molecule has 0 fully saturated rings. The summed E-state index contributed by atoms with van der Waals surface area (Å²) in [5.74, 6) is 0. The lowest BCUT2D eigenvalue weighted by Gasteiger charge is -1.91. The minimum atomic E-state index is -0.363. The number of hydrogen-bond donors (Lipinski definition) is 0. The van der Waals surface area contributed by atoms with E-state index in [-0.39, 0.29) is 6.67 Å². The van der Waals surface area contributed by atoms with E-state index < -0.39 is 0 Å². The molecule has 62 valence electrons. The van der Waals surface area contributed by atoms with Gasteiger partial charge in [-0.15, -0.1) is 0 Å². The average Bonchev–Trinajstić information content (AvgIpc) is 2.03. The SMILES string of the molecule is N#CCCCCCC=CCF. The number of halogens is 1. The van der Waals surface area contributed by atoms with Gasteiger partial charge in [0.25, 0.3) is 0 Å². The molecule has 0 aromatic carbocycles. The summed E-state index contributed by atoms with van der Waals surface area (Å²) in [6.45, 7) is -0.363. The quantitative estimate of drug-likeness (QED) is 0.427. The Morgan fingerprint density at radius 3 is 2.64 bits per heavy atom. The summed E-state index contributed by atoms with van der Waals surface area (Å²) in [5.41, 5.74) is 0. The largest absolute Gasteiger partial charge is 0.247 e. The summed E-state index contributed by atoms with van der Waals surface area (Å²) >= 11 is 0. The molecule has 0 aliphatic rings. The molecule has 0 aliphatic carbocycles. The van der Waals surface area contributed by atoms with Gasteiger partial charge in [-0.3, -0.25) is 0 Å². The monoisotopic (exact) mass is 155 g/mol. The zero-order valence-corrected chi connectivity index (χ0v) is 6.72. The van der Waals surface area contributed by atoms with Gasteiger partial charge in [-0.05, 0) is 19.3 Å². The molecule has 1 nitrogen and oxygen atoms in total. The number of unbranched alkanes of at least 4 members (excludes halogenated alkanes) is 4. The first-order valence-electron chi connectivity index (χ1n) is 3.99. The van der Waals surface area contributed by atoms with Crippen molar-refractivity contribution in [1.82, 2.24) is 0 Å². The Morgan fingerprint density at radius 2 is 2.00 bits per heavy atom. The highest BCUT2D eigenvalue weighted by Gasteiger charge is 1.85. The molecule has 0 rings (SSSR count). The number of hydrogen-bond acceptors (Lipinski definition) is 1. The minimum Gasteiger partial charge on any atom is -0.247 e. The van der Waals surface area contributed by atoms with Gasteiger partial charge in [0.15, 0.2) is 0 Å². The van der Waals surface area contributed by atoms with Crippen molar-refractivity contribution >= 4 is 0 Å². The van der Waals surface area contributed by atoms with E-state index in [1.54, 1.807) is 0 Å². The second kappa shape index (κ2) is 9.16. The van der Waals surface area contributed by atoms with Crippen molar-refractivity contribution in [3.63, 3.8) is 0 Å². The van der Waals surface area contributed by atoms with E-state index in [0.717, 1.165) is 25.7 Å². The van der Waals surface area contributed by atoms with Crippen molar-refractivity contribution < 1.29 is 4.39 Å². The van der Waals surface area contributed by atoms with Crippen LogP contribution in [0.5, 0.6) is 0 Å². The van der Waals surface area contributed by atoms with Crippen LogP contribution in [0.4, 0.5) is 4.39 Å². The molecule has 2 heteroatoms. The Balaban J connectivity index is 2.91. The molecular formula is C9H14FN. The molecule has 0 bridgehead atoms. The van der Waals surface area contributed by atoms with Gasteiger partial charge in [-0.2, -0.15) is 5.26 Å². The maximum absolute atomic E-state index is 11.5. The van der Waals surface area contributed by atoms with E-state index in [9.17, 15) is 4.39 Å². The number of nitrogens with zero attached hydrogens (tertiary/aromatic N) is 1. The highest BCUT2D eigenvalue weighted by atomic mass is 19.1. The van der Waals surface area contributed by atoms with Crippen LogP contribution in [0, 0.1) is 11.3 Å². The first-order valence-corrected chi connectivity index (χ1v) is 3.99. The maximum atomic E-state index is 11.5. The normalized spacial score (nSPS) is 10.2. The summed E-state index contributed by atoms with van der Waals surface area (Å²) in [5, 5.41) is 8.19. The average molecular weight is 155 g/mol. The molecular weight excluding hydrogens is 141 g/mol. The number of alkyl halides is 1. The molecule has 0 atom stereocenters. The van der Waals surface area contributed by atoms with Gasteiger partial charge in [0, 0.05) is 6.42 Å². The fraction of sp³-hybridized carbons (Fsp3) is 0.667. The van der Waals surface area contributed by atoms with Gasteiger partial charge in [-0.25, -0.2) is 4.39 Å². The van der Waals surface area contributed by atoms with Gasteiger partial charge >= 0.3 is 0 Å². The maximum Gasteiger partial charge on any atom is 0.108 e. The van der Waals surface area contributed by atoms with Crippen LogP contribution in [-0.4, -0.2) is 6.67 Å². The van der Waals surface area contributed by atoms with Crippen molar-refractivity contribution in [2.24, 2.45) is 0 Å². The first-order chi connectivity index (χ1) is 5.41. The number of nitriles is 1. The molecule has 0 spiro atoms. The molecule has 0 aromatic rings. The highest BCUT2D eigenvalue weighted by molar-refractivity contribution is 4.80. The Morgan fingerprint density at radius 1 is 1.18 bits per heavy atom. The zero-order chi connectivity index (χ0) is 8.36. The second-order valence-corrected chi connectivity index (χ2v) is 2.38. The summed E-state index contributed by atoms with van der Waals surface area (Å²) in [6.07, 6.45) is 8.08. The Hall–Kier alpha value is -0.840. The fourth-order valence-corrected chi connectivity index (χ4v) is 0.824. The lowest BCUT2D eigenvalue weighted by Crippen LogP contribution is -1.74. The van der Waals surface area contributed by atoms with E-state index in [1.165, 1.54) is 6.08 Å². The van der Waals surface area contributed by atoms with Crippen LogP contribution in [0.2, 0.25) is 0 Å². The third-order valence-corrected chi connectivity index (χ3v) is 1.42. The molecule has 0 unspecified atom stereocenters. The van der Waals surface area contributed by atoms with Crippen molar-refractivity contribution in [3.8, 4) is 6.07 Å². The predicted octanol–water partition coefficient (Wildman–Crippen LogP) is 2.99. The zero-order valence-electron chi connectivity index (χ0n) is 6.72. The molecule has 0 saturated heterocycles. The summed E-state index contributed by atoms with van der Waals surface area (Å²) < 4.78 is 11.5. The van der Waals surface area contributed by atoms with E-state index in [4.69, 9.17) is 5.26 Å². The number of allylic oxidation sites excluding steroid dienone is 2. The summed E-state index contributed by atoms with van der Waals surface area (Å²) in [7, 11) is 0. The van der Waals surface area contributed by atoms with Crippen LogP contribution in [0.1, 0.15) is 32.1 Å². The van der Waals surface area contributed by atoms with Gasteiger partial charge in [0.2, 0.25) is 0 Å². The van der Waals surface area contributed by atoms with Crippen molar-refractivity contribution in [1.29, 1.82) is 5.26 Å². The number of rotatable bonds is 6. The van der Waals surface area contributed by atoms with Crippen LogP contribution < -0.4 is 0 Å². The van der Waals surface area contributed by atoms with E-state index in [2.05, 4.69) is 6.07 Å². The van der Waals surface area contributed by atoms with E-state index >= 15 is 0 Å². The molecule has 0 saturated carbocycles. The Bertz CT molecular complexity index is 135. The van der Waals surface area contributed by atoms with E-state index in [1.807, 2.05) is 6.08 Å². The molecule has 0 aliphatic heterocycles. The molecule has 0 heterocycles. The topological polar surface area (TPSA) is 23.8 Å². The van der Waals surface area contributed by atoms with Crippen LogP contribution in [0.25, 0.3) is 0 Å². The second-order valence-electron chi connectivity index (χ2n) is 2.38. The third kappa shape index (κ3) is 9.16. The van der Waals surface area contributed by atoms with Crippen molar-refractivity contribution in [3.05, 3.63) is 12.2 Å². The molecule has 0 N–H and O–H groups in total. The smallest absolute Gasteiger partial charge is 0.108 e. The van der Waals surface area contributed by atoms with Crippen LogP contribution in [0.15, 0.2) is 12.2 Å². The van der Waals surface area contributed by atoms with Crippen LogP contribution in [-0.2, 0) is 0 Å². The summed E-state index contributed by atoms with van der Waals surface area (Å²) in [6, 6.07) is 2.09. The van der Waals surface area contributed by atoms with Gasteiger partial charge in [0.1, 0.15) is 6.67 Å².